The number of halogens is 3. The van der Waals surface area contributed by atoms with E-state index in [9.17, 15) is 13.6 Å². The average Bonchev–Trinajstić information content (AvgIpc) is 2.25. The lowest BCUT2D eigenvalue weighted by Crippen LogP contribution is -2.40. The lowest BCUT2D eigenvalue weighted by atomic mass is 9.93. The summed E-state index contributed by atoms with van der Waals surface area (Å²) in [7, 11) is 1.79. The number of rotatable bonds is 6. The van der Waals surface area contributed by atoms with Crippen LogP contribution >= 0.6 is 12.4 Å². The fourth-order valence-electron chi connectivity index (χ4n) is 1.92. The van der Waals surface area contributed by atoms with E-state index >= 15 is 0 Å². The number of likely N-dealkylation sites (N-methyl/N-ethyl adjacent to an activating group) is 1. The molecule has 0 saturated carbocycles. The molecule has 0 radical (unpaired) electrons. The van der Waals surface area contributed by atoms with Crippen molar-refractivity contribution in [3.05, 3.63) is 29.8 Å². The van der Waals surface area contributed by atoms with Crippen molar-refractivity contribution in [3.63, 3.8) is 0 Å². The van der Waals surface area contributed by atoms with Crippen molar-refractivity contribution in [1.82, 2.24) is 4.90 Å². The number of carbonyl (C=O) groups excluding carboxylic acids is 1. The van der Waals surface area contributed by atoms with Crippen LogP contribution in [0.2, 0.25) is 0 Å². The Bertz CT molecular complexity index is 463. The summed E-state index contributed by atoms with van der Waals surface area (Å²) < 4.78 is 26.0. The fraction of sp³-hybridized carbons (Fsp3) is 0.500. The first kappa shape index (κ1) is 19.8. The average molecular weight is 322 g/mol. The molecule has 0 heterocycles. The largest absolute Gasteiger partial charge is 0.330 e. The van der Waals surface area contributed by atoms with E-state index in [0.29, 0.717) is 13.1 Å². The second-order valence-electron chi connectivity index (χ2n) is 5.75. The van der Waals surface area contributed by atoms with E-state index < -0.39 is 11.6 Å². The SMILES string of the molecule is CN(CC(=O)Nc1cc(F)cc(F)c1)CC(C)(C)CN.Cl. The van der Waals surface area contributed by atoms with Gasteiger partial charge in [0.1, 0.15) is 11.6 Å². The number of hydrogen-bond donors (Lipinski definition) is 2. The highest BCUT2D eigenvalue weighted by atomic mass is 35.5. The first-order valence-corrected chi connectivity index (χ1v) is 6.36. The van der Waals surface area contributed by atoms with Crippen molar-refractivity contribution in [2.24, 2.45) is 11.1 Å². The van der Waals surface area contributed by atoms with Gasteiger partial charge in [-0.1, -0.05) is 13.8 Å². The summed E-state index contributed by atoms with van der Waals surface area (Å²) >= 11 is 0. The molecule has 1 aromatic rings. The third-order valence-electron chi connectivity index (χ3n) is 2.81. The molecule has 3 N–H and O–H groups in total. The predicted molar refractivity (Wildman–Crippen MR) is 82.6 cm³/mol. The minimum absolute atomic E-state index is 0. The Balaban J connectivity index is 0.00000400. The van der Waals surface area contributed by atoms with E-state index in [1.54, 1.807) is 7.05 Å². The Morgan fingerprint density at radius 3 is 2.29 bits per heavy atom. The lowest BCUT2D eigenvalue weighted by Gasteiger charge is -2.28. The molecule has 0 fully saturated rings. The maximum atomic E-state index is 13.0. The molecule has 0 aromatic heterocycles. The molecule has 120 valence electrons. The zero-order valence-corrected chi connectivity index (χ0v) is 13.3. The van der Waals surface area contributed by atoms with E-state index in [4.69, 9.17) is 5.73 Å². The van der Waals surface area contributed by atoms with Crippen LogP contribution in [-0.4, -0.2) is 37.5 Å². The molecule has 7 heteroatoms. The fourth-order valence-corrected chi connectivity index (χ4v) is 1.92. The van der Waals surface area contributed by atoms with Crippen LogP contribution in [0.25, 0.3) is 0 Å². The molecule has 0 aliphatic rings. The van der Waals surface area contributed by atoms with Crippen LogP contribution in [0, 0.1) is 17.0 Å². The molecule has 1 rings (SSSR count). The number of nitrogens with one attached hydrogen (secondary N) is 1. The normalized spacial score (nSPS) is 11.2. The predicted octanol–water partition coefficient (Wildman–Crippen LogP) is 2.24. The van der Waals surface area contributed by atoms with Gasteiger partial charge in [0, 0.05) is 18.3 Å². The van der Waals surface area contributed by atoms with Gasteiger partial charge in [-0.25, -0.2) is 8.78 Å². The number of nitrogens with zero attached hydrogens (tertiary/aromatic N) is 1. The number of hydrogen-bond acceptors (Lipinski definition) is 3. The second kappa shape index (κ2) is 8.26. The summed E-state index contributed by atoms with van der Waals surface area (Å²) in [6.45, 7) is 5.29. The molecule has 0 spiro atoms. The quantitative estimate of drug-likeness (QED) is 0.845. The second-order valence-corrected chi connectivity index (χ2v) is 5.75. The van der Waals surface area contributed by atoms with Gasteiger partial charge in [0.05, 0.1) is 6.54 Å². The van der Waals surface area contributed by atoms with Gasteiger partial charge in [-0.05, 0) is 31.1 Å². The summed E-state index contributed by atoms with van der Waals surface area (Å²) in [6, 6.07) is 2.90. The van der Waals surface area contributed by atoms with E-state index in [0.717, 1.165) is 18.2 Å². The lowest BCUT2D eigenvalue weighted by molar-refractivity contribution is -0.117. The zero-order chi connectivity index (χ0) is 15.3. The smallest absolute Gasteiger partial charge is 0.238 e. The first-order chi connectivity index (χ1) is 9.21. The molecule has 0 aliphatic heterocycles. The highest BCUT2D eigenvalue weighted by Gasteiger charge is 2.19. The van der Waals surface area contributed by atoms with Crippen LogP contribution in [0.5, 0.6) is 0 Å². The number of nitrogens with two attached hydrogens (primary N) is 1. The number of anilines is 1. The highest BCUT2D eigenvalue weighted by molar-refractivity contribution is 5.92. The Labute approximate surface area is 130 Å². The molecule has 0 bridgehead atoms. The number of benzene rings is 1. The molecule has 0 saturated heterocycles. The molecule has 4 nitrogen and oxygen atoms in total. The van der Waals surface area contributed by atoms with Crippen molar-refractivity contribution < 1.29 is 13.6 Å². The van der Waals surface area contributed by atoms with Crippen molar-refractivity contribution in [3.8, 4) is 0 Å². The van der Waals surface area contributed by atoms with Crippen LogP contribution in [0.3, 0.4) is 0 Å². The Kier molecular flexibility index (Phi) is 7.78. The summed E-state index contributed by atoms with van der Waals surface area (Å²) in [5.41, 5.74) is 5.64. The summed E-state index contributed by atoms with van der Waals surface area (Å²) in [5, 5.41) is 2.47. The maximum absolute atomic E-state index is 13.0. The van der Waals surface area contributed by atoms with E-state index in [-0.39, 0.29) is 36.0 Å². The zero-order valence-electron chi connectivity index (χ0n) is 12.5. The molecule has 1 amide bonds. The molecule has 0 atom stereocenters. The van der Waals surface area contributed by atoms with Crippen LogP contribution in [0.1, 0.15) is 13.8 Å². The van der Waals surface area contributed by atoms with E-state index in [1.165, 1.54) is 0 Å². The van der Waals surface area contributed by atoms with Gasteiger partial charge < -0.3 is 11.1 Å². The van der Waals surface area contributed by atoms with Crippen molar-refractivity contribution in [2.75, 3.05) is 32.0 Å². The van der Waals surface area contributed by atoms with Gasteiger partial charge in [-0.15, -0.1) is 12.4 Å². The van der Waals surface area contributed by atoms with Crippen LogP contribution in [-0.2, 0) is 4.79 Å². The summed E-state index contributed by atoms with van der Waals surface area (Å²) in [4.78, 5) is 13.6. The monoisotopic (exact) mass is 321 g/mol. The third kappa shape index (κ3) is 7.36. The minimum atomic E-state index is -0.724. The van der Waals surface area contributed by atoms with Crippen LogP contribution in [0.15, 0.2) is 18.2 Å². The van der Waals surface area contributed by atoms with Gasteiger partial charge in [0.2, 0.25) is 5.91 Å². The minimum Gasteiger partial charge on any atom is -0.330 e. The van der Waals surface area contributed by atoms with Gasteiger partial charge in [0.15, 0.2) is 0 Å². The number of amides is 1. The molecule has 0 aliphatic carbocycles. The topological polar surface area (TPSA) is 58.4 Å². The Morgan fingerprint density at radius 2 is 1.81 bits per heavy atom. The summed E-state index contributed by atoms with van der Waals surface area (Å²) in [6.07, 6.45) is 0. The Hall–Kier alpha value is -1.24. The van der Waals surface area contributed by atoms with E-state index in [2.05, 4.69) is 5.32 Å². The van der Waals surface area contributed by atoms with Crippen molar-refractivity contribution in [2.45, 2.75) is 13.8 Å². The Morgan fingerprint density at radius 1 is 1.29 bits per heavy atom. The van der Waals surface area contributed by atoms with Gasteiger partial charge >= 0.3 is 0 Å². The van der Waals surface area contributed by atoms with Gasteiger partial charge in [-0.2, -0.15) is 0 Å². The first-order valence-electron chi connectivity index (χ1n) is 6.36. The van der Waals surface area contributed by atoms with Crippen molar-refractivity contribution >= 4 is 24.0 Å². The highest BCUT2D eigenvalue weighted by Crippen LogP contribution is 2.15. The summed E-state index contributed by atoms with van der Waals surface area (Å²) in [5.74, 6) is -1.78. The molecule has 0 unspecified atom stereocenters. The molecular formula is C14H22ClF2N3O. The van der Waals surface area contributed by atoms with Crippen LogP contribution < -0.4 is 11.1 Å². The molecular weight excluding hydrogens is 300 g/mol. The molecule has 21 heavy (non-hydrogen) atoms. The van der Waals surface area contributed by atoms with Crippen molar-refractivity contribution in [1.29, 1.82) is 0 Å². The van der Waals surface area contributed by atoms with Crippen LogP contribution in [0.4, 0.5) is 14.5 Å². The molecule has 1 aromatic carbocycles. The van der Waals surface area contributed by atoms with E-state index in [1.807, 2.05) is 18.7 Å². The maximum Gasteiger partial charge on any atom is 0.238 e. The third-order valence-corrected chi connectivity index (χ3v) is 2.81. The van der Waals surface area contributed by atoms with Gasteiger partial charge in [-0.3, -0.25) is 9.69 Å². The standard InChI is InChI=1S/C14H21F2N3O.ClH/c1-14(2,8-17)9-19(3)7-13(20)18-12-5-10(15)4-11(16)6-12;/h4-6H,7-9,17H2,1-3H3,(H,18,20);1H. The number of carbonyl (C=O) groups is 1. The van der Waals surface area contributed by atoms with Gasteiger partial charge in [0.25, 0.3) is 0 Å².